The maximum atomic E-state index is 4.39. The van der Waals surface area contributed by atoms with Crippen LogP contribution in [0.3, 0.4) is 0 Å². The van der Waals surface area contributed by atoms with Crippen molar-refractivity contribution in [1.82, 2.24) is 14.9 Å². The van der Waals surface area contributed by atoms with E-state index in [-0.39, 0.29) is 0 Å². The molecule has 0 radical (unpaired) electrons. The van der Waals surface area contributed by atoms with Crippen molar-refractivity contribution in [1.29, 1.82) is 0 Å². The van der Waals surface area contributed by atoms with Crippen LogP contribution in [0.25, 0.3) is 0 Å². The first-order valence-corrected chi connectivity index (χ1v) is 7.13. The zero-order valence-corrected chi connectivity index (χ0v) is 11.3. The Kier molecular flexibility index (Phi) is 3.39. The molecular formula is C14H17N3S. The van der Waals surface area contributed by atoms with Crippen LogP contribution in [0.5, 0.6) is 0 Å². The van der Waals surface area contributed by atoms with E-state index in [2.05, 4.69) is 45.3 Å². The fourth-order valence-electron chi connectivity index (χ4n) is 2.37. The number of nitrogens with one attached hydrogen (secondary N) is 1. The third-order valence-electron chi connectivity index (χ3n) is 3.17. The van der Waals surface area contributed by atoms with E-state index in [0.29, 0.717) is 5.25 Å². The number of hydrogen-bond acceptors (Lipinski definition) is 3. The van der Waals surface area contributed by atoms with Crippen LogP contribution in [0, 0.1) is 0 Å². The number of aromatic nitrogens is 2. The highest BCUT2D eigenvalue weighted by Gasteiger charge is 2.21. The Morgan fingerprint density at radius 3 is 3.17 bits per heavy atom. The van der Waals surface area contributed by atoms with Crippen LogP contribution in [0.1, 0.15) is 11.3 Å². The second kappa shape index (κ2) is 5.16. The molecule has 4 heteroatoms. The molecule has 0 aliphatic carbocycles. The number of fused-ring (bicyclic) bond motifs is 1. The van der Waals surface area contributed by atoms with Gasteiger partial charge in [-0.2, -0.15) is 0 Å². The van der Waals surface area contributed by atoms with Gasteiger partial charge < -0.3 is 9.88 Å². The summed E-state index contributed by atoms with van der Waals surface area (Å²) in [5.74, 6) is 0. The van der Waals surface area contributed by atoms with Crippen molar-refractivity contribution in [3.8, 4) is 0 Å². The molecule has 0 saturated carbocycles. The summed E-state index contributed by atoms with van der Waals surface area (Å²) in [4.78, 5) is 5.83. The smallest absolute Gasteiger partial charge is 0.0950 e. The fraction of sp³-hybridized carbons (Fsp3) is 0.357. The van der Waals surface area contributed by atoms with Crippen LogP contribution >= 0.6 is 11.8 Å². The summed E-state index contributed by atoms with van der Waals surface area (Å²) in [6, 6.07) is 8.71. The van der Waals surface area contributed by atoms with Crippen LogP contribution in [0.4, 0.5) is 0 Å². The monoisotopic (exact) mass is 259 g/mol. The Labute approximate surface area is 112 Å². The minimum Gasteiger partial charge on any atom is -0.336 e. The van der Waals surface area contributed by atoms with Crippen molar-refractivity contribution in [2.24, 2.45) is 0 Å². The van der Waals surface area contributed by atoms with Gasteiger partial charge in [0.2, 0.25) is 0 Å². The summed E-state index contributed by atoms with van der Waals surface area (Å²) >= 11 is 1.99. The van der Waals surface area contributed by atoms with E-state index in [9.17, 15) is 0 Å². The fourth-order valence-corrected chi connectivity index (χ4v) is 3.70. The molecule has 2 aromatic rings. The molecule has 0 bridgehead atoms. The van der Waals surface area contributed by atoms with Gasteiger partial charge in [0.25, 0.3) is 0 Å². The van der Waals surface area contributed by atoms with E-state index in [0.717, 1.165) is 18.8 Å². The normalized spacial score (nSPS) is 17.9. The van der Waals surface area contributed by atoms with Crippen LogP contribution in [0.15, 0.2) is 41.7 Å². The maximum absolute atomic E-state index is 4.39. The number of imidazole rings is 1. The minimum absolute atomic E-state index is 0.638. The Hall–Kier alpha value is -1.26. The maximum Gasteiger partial charge on any atom is 0.0950 e. The average Bonchev–Trinajstić information content (AvgIpc) is 2.96. The van der Waals surface area contributed by atoms with Crippen LogP contribution in [-0.4, -0.2) is 21.8 Å². The number of nitrogens with zero attached hydrogens (tertiary/aromatic N) is 2. The summed E-state index contributed by atoms with van der Waals surface area (Å²) in [6.07, 6.45) is 5.25. The van der Waals surface area contributed by atoms with E-state index in [1.807, 2.05) is 25.1 Å². The van der Waals surface area contributed by atoms with Crippen LogP contribution in [-0.2, 0) is 19.5 Å². The third-order valence-corrected chi connectivity index (χ3v) is 4.47. The highest BCUT2D eigenvalue weighted by atomic mass is 32.2. The highest BCUT2D eigenvalue weighted by Crippen LogP contribution is 2.37. The molecule has 1 aliphatic heterocycles. The molecule has 1 aromatic carbocycles. The van der Waals surface area contributed by atoms with Gasteiger partial charge in [-0.15, -0.1) is 11.8 Å². The lowest BCUT2D eigenvalue weighted by Crippen LogP contribution is -2.11. The molecule has 1 unspecified atom stereocenters. The molecule has 3 rings (SSSR count). The topological polar surface area (TPSA) is 29.9 Å². The van der Waals surface area contributed by atoms with Crippen LogP contribution < -0.4 is 5.32 Å². The standard InChI is InChI=1S/C14H17N3S/c1-15-7-12-8-17(10-16-12)9-13-6-11-4-2-3-5-14(11)18-13/h2-5,8,10,13,15H,6-7,9H2,1H3. The quantitative estimate of drug-likeness (QED) is 0.914. The second-order valence-electron chi connectivity index (χ2n) is 4.64. The van der Waals surface area contributed by atoms with E-state index in [1.54, 1.807) is 0 Å². The zero-order chi connectivity index (χ0) is 12.4. The molecular weight excluding hydrogens is 242 g/mol. The Morgan fingerprint density at radius 1 is 1.44 bits per heavy atom. The van der Waals surface area contributed by atoms with E-state index in [4.69, 9.17) is 0 Å². The summed E-state index contributed by atoms with van der Waals surface area (Å²) in [5.41, 5.74) is 2.60. The highest BCUT2D eigenvalue weighted by molar-refractivity contribution is 8.00. The second-order valence-corrected chi connectivity index (χ2v) is 5.99. The largest absolute Gasteiger partial charge is 0.336 e. The van der Waals surface area contributed by atoms with Gasteiger partial charge in [0.05, 0.1) is 12.0 Å². The predicted octanol–water partition coefficient (Wildman–Crippen LogP) is 2.32. The first kappa shape index (κ1) is 11.8. The molecule has 94 valence electrons. The molecule has 2 heterocycles. The van der Waals surface area contributed by atoms with Crippen LogP contribution in [0.2, 0.25) is 0 Å². The van der Waals surface area contributed by atoms with Gasteiger partial charge in [-0.05, 0) is 25.1 Å². The zero-order valence-electron chi connectivity index (χ0n) is 10.5. The molecule has 1 atom stereocenters. The van der Waals surface area contributed by atoms with Gasteiger partial charge in [0.1, 0.15) is 0 Å². The van der Waals surface area contributed by atoms with Crippen molar-refractivity contribution in [2.75, 3.05) is 7.05 Å². The number of rotatable bonds is 4. The number of benzene rings is 1. The lowest BCUT2D eigenvalue weighted by atomic mass is 10.1. The van der Waals surface area contributed by atoms with Crippen molar-refractivity contribution >= 4 is 11.8 Å². The molecule has 0 amide bonds. The predicted molar refractivity (Wildman–Crippen MR) is 74.8 cm³/mol. The summed E-state index contributed by atoms with van der Waals surface area (Å²) in [6.45, 7) is 1.88. The van der Waals surface area contributed by atoms with E-state index in [1.165, 1.54) is 16.9 Å². The summed E-state index contributed by atoms with van der Waals surface area (Å²) in [7, 11) is 1.95. The van der Waals surface area contributed by atoms with Gasteiger partial charge in [-0.25, -0.2) is 4.98 Å². The molecule has 0 saturated heterocycles. The van der Waals surface area contributed by atoms with Crippen molar-refractivity contribution in [3.05, 3.63) is 48.0 Å². The van der Waals surface area contributed by atoms with Gasteiger partial charge in [-0.1, -0.05) is 18.2 Å². The first-order chi connectivity index (χ1) is 8.85. The van der Waals surface area contributed by atoms with E-state index < -0.39 is 0 Å². The Bertz CT molecular complexity index is 510. The Morgan fingerprint density at radius 2 is 2.33 bits per heavy atom. The summed E-state index contributed by atoms with van der Waals surface area (Å²) < 4.78 is 2.20. The molecule has 1 aliphatic rings. The van der Waals surface area contributed by atoms with Gasteiger partial charge >= 0.3 is 0 Å². The van der Waals surface area contributed by atoms with Gasteiger partial charge in [-0.3, -0.25) is 0 Å². The molecule has 1 aromatic heterocycles. The molecule has 3 nitrogen and oxygen atoms in total. The molecule has 1 N–H and O–H groups in total. The Balaban J connectivity index is 1.65. The molecule has 0 spiro atoms. The third kappa shape index (κ3) is 2.44. The average molecular weight is 259 g/mol. The molecule has 0 fully saturated rings. The lowest BCUT2D eigenvalue weighted by Gasteiger charge is -2.08. The van der Waals surface area contributed by atoms with E-state index >= 15 is 0 Å². The van der Waals surface area contributed by atoms with Crippen molar-refractivity contribution in [3.63, 3.8) is 0 Å². The number of thioether (sulfide) groups is 1. The molecule has 18 heavy (non-hydrogen) atoms. The lowest BCUT2D eigenvalue weighted by molar-refractivity contribution is 0.662. The van der Waals surface area contributed by atoms with Crippen molar-refractivity contribution in [2.45, 2.75) is 29.7 Å². The SMILES string of the molecule is CNCc1cn(CC2Cc3ccccc3S2)cn1. The minimum atomic E-state index is 0.638. The van der Waals surface area contributed by atoms with Crippen molar-refractivity contribution < 1.29 is 0 Å². The van der Waals surface area contributed by atoms with Gasteiger partial charge in [0.15, 0.2) is 0 Å². The first-order valence-electron chi connectivity index (χ1n) is 6.25. The van der Waals surface area contributed by atoms with Gasteiger partial charge in [0, 0.05) is 29.4 Å². The summed E-state index contributed by atoms with van der Waals surface area (Å²) in [5, 5.41) is 3.76. The number of hydrogen-bond donors (Lipinski definition) is 1.